The fourth-order valence-electron chi connectivity index (χ4n) is 3.63. The normalized spacial score (nSPS) is 13.6. The molecule has 0 bridgehead atoms. The lowest BCUT2D eigenvalue weighted by Gasteiger charge is -2.28. The number of benzene rings is 2. The number of halogens is 4. The lowest BCUT2D eigenvalue weighted by Crippen LogP contribution is -2.42. The second-order valence-corrected chi connectivity index (χ2v) is 8.30. The molecule has 2 aromatic carbocycles. The number of anilines is 1. The molecule has 2 amide bonds. The lowest BCUT2D eigenvalue weighted by molar-refractivity contribution is -0.138. The predicted molar refractivity (Wildman–Crippen MR) is 116 cm³/mol. The largest absolute Gasteiger partial charge is 0.416 e. The number of fused-ring (bicyclic) bond motifs is 1. The minimum Gasteiger partial charge on any atom is -0.320 e. The standard InChI is InChI=1S/C22H18BrF3N4O2/c23-14-5-3-6-15(11-14)27-21(32)30-9-8-18-16(12-30)20(31)29-19(28-18)10-13-4-1-2-7-17(13)22(24,25)26/h1-7,11H,8-10,12H2,(H,27,32)(H,28,29,31). The summed E-state index contributed by atoms with van der Waals surface area (Å²) in [4.78, 5) is 33.7. The molecule has 0 radical (unpaired) electrons. The monoisotopic (exact) mass is 506 g/mol. The van der Waals surface area contributed by atoms with Crippen LogP contribution in [0.4, 0.5) is 23.7 Å². The number of hydrogen-bond acceptors (Lipinski definition) is 3. The molecule has 0 unspecified atom stereocenters. The first kappa shape index (κ1) is 22.1. The van der Waals surface area contributed by atoms with Crippen LogP contribution in [-0.4, -0.2) is 27.4 Å². The summed E-state index contributed by atoms with van der Waals surface area (Å²) in [5.74, 6) is 0.164. The maximum absolute atomic E-state index is 13.3. The maximum Gasteiger partial charge on any atom is 0.416 e. The quantitative estimate of drug-likeness (QED) is 0.538. The maximum atomic E-state index is 13.3. The molecule has 0 aliphatic carbocycles. The fraction of sp³-hybridized carbons (Fsp3) is 0.227. The van der Waals surface area contributed by atoms with Gasteiger partial charge in [0.2, 0.25) is 0 Å². The van der Waals surface area contributed by atoms with Crippen LogP contribution in [0.3, 0.4) is 0 Å². The van der Waals surface area contributed by atoms with Gasteiger partial charge in [-0.05, 0) is 29.8 Å². The van der Waals surface area contributed by atoms with Gasteiger partial charge in [-0.2, -0.15) is 13.2 Å². The first-order chi connectivity index (χ1) is 15.2. The summed E-state index contributed by atoms with van der Waals surface area (Å²) >= 11 is 3.34. The molecule has 1 aromatic heterocycles. The number of rotatable bonds is 3. The van der Waals surface area contributed by atoms with Gasteiger partial charge in [0.05, 0.1) is 23.4 Å². The summed E-state index contributed by atoms with van der Waals surface area (Å²) < 4.78 is 40.6. The van der Waals surface area contributed by atoms with Crippen LogP contribution in [0.2, 0.25) is 0 Å². The highest BCUT2D eigenvalue weighted by molar-refractivity contribution is 9.10. The fourth-order valence-corrected chi connectivity index (χ4v) is 4.03. The number of hydrogen-bond donors (Lipinski definition) is 2. The first-order valence-corrected chi connectivity index (χ1v) is 10.6. The van der Waals surface area contributed by atoms with E-state index in [0.29, 0.717) is 29.9 Å². The molecule has 0 atom stereocenters. The van der Waals surface area contributed by atoms with Crippen LogP contribution in [0, 0.1) is 0 Å². The number of H-pyrrole nitrogens is 1. The molecule has 4 rings (SSSR count). The highest BCUT2D eigenvalue weighted by Gasteiger charge is 2.33. The van der Waals surface area contributed by atoms with E-state index in [2.05, 4.69) is 31.2 Å². The van der Waals surface area contributed by atoms with Crippen LogP contribution in [0.5, 0.6) is 0 Å². The molecule has 1 aliphatic rings. The van der Waals surface area contributed by atoms with E-state index in [0.717, 1.165) is 10.5 Å². The van der Waals surface area contributed by atoms with Crippen molar-refractivity contribution in [1.82, 2.24) is 14.9 Å². The highest BCUT2D eigenvalue weighted by atomic mass is 79.9. The van der Waals surface area contributed by atoms with Crippen LogP contribution < -0.4 is 10.9 Å². The van der Waals surface area contributed by atoms with Gasteiger partial charge in [0, 0.05) is 29.5 Å². The summed E-state index contributed by atoms with van der Waals surface area (Å²) in [5.41, 5.74) is 0.285. The van der Waals surface area contributed by atoms with E-state index in [1.807, 2.05) is 6.07 Å². The third-order valence-electron chi connectivity index (χ3n) is 5.16. The van der Waals surface area contributed by atoms with E-state index in [1.165, 1.54) is 23.1 Å². The minimum atomic E-state index is -4.49. The van der Waals surface area contributed by atoms with Gasteiger partial charge in [0.15, 0.2) is 0 Å². The van der Waals surface area contributed by atoms with Gasteiger partial charge in [-0.25, -0.2) is 9.78 Å². The molecule has 3 aromatic rings. The van der Waals surface area contributed by atoms with Crippen molar-refractivity contribution in [3.05, 3.63) is 91.6 Å². The molecule has 32 heavy (non-hydrogen) atoms. The number of aromatic nitrogens is 2. The van der Waals surface area contributed by atoms with Gasteiger partial charge in [0.1, 0.15) is 5.82 Å². The van der Waals surface area contributed by atoms with E-state index in [9.17, 15) is 22.8 Å². The predicted octanol–water partition coefficient (Wildman–Crippen LogP) is 4.73. The molecule has 166 valence electrons. The third kappa shape index (κ3) is 4.85. The van der Waals surface area contributed by atoms with Crippen molar-refractivity contribution >= 4 is 27.6 Å². The van der Waals surface area contributed by atoms with E-state index in [-0.39, 0.29) is 30.4 Å². The molecule has 10 heteroatoms. The Morgan fingerprint density at radius 2 is 1.97 bits per heavy atom. The van der Waals surface area contributed by atoms with E-state index in [4.69, 9.17) is 0 Å². The third-order valence-corrected chi connectivity index (χ3v) is 5.65. The summed E-state index contributed by atoms with van der Waals surface area (Å²) in [6.07, 6.45) is -4.31. The van der Waals surface area contributed by atoms with Gasteiger partial charge >= 0.3 is 12.2 Å². The highest BCUT2D eigenvalue weighted by Crippen LogP contribution is 2.32. The lowest BCUT2D eigenvalue weighted by atomic mass is 10.0. The smallest absolute Gasteiger partial charge is 0.320 e. The van der Waals surface area contributed by atoms with Gasteiger partial charge in [-0.3, -0.25) is 4.79 Å². The van der Waals surface area contributed by atoms with Crippen LogP contribution in [-0.2, 0) is 25.6 Å². The number of nitrogens with one attached hydrogen (secondary N) is 2. The molecule has 0 fully saturated rings. The Morgan fingerprint density at radius 3 is 2.72 bits per heavy atom. The molecule has 2 N–H and O–H groups in total. The van der Waals surface area contributed by atoms with Crippen LogP contribution in [0.25, 0.3) is 0 Å². The van der Waals surface area contributed by atoms with Crippen molar-refractivity contribution in [1.29, 1.82) is 0 Å². The Kier molecular flexibility index (Phi) is 6.05. The van der Waals surface area contributed by atoms with Crippen LogP contribution >= 0.6 is 15.9 Å². The second-order valence-electron chi connectivity index (χ2n) is 7.38. The molecule has 2 heterocycles. The van der Waals surface area contributed by atoms with Crippen molar-refractivity contribution < 1.29 is 18.0 Å². The van der Waals surface area contributed by atoms with Crippen molar-refractivity contribution in [2.24, 2.45) is 0 Å². The summed E-state index contributed by atoms with van der Waals surface area (Å²) in [6.45, 7) is 0.402. The number of amides is 2. The minimum absolute atomic E-state index is 0.0361. The number of aromatic amines is 1. The Labute approximate surface area is 189 Å². The molecule has 0 saturated carbocycles. The summed E-state index contributed by atoms with van der Waals surface area (Å²) in [6, 6.07) is 12.0. The molecule has 6 nitrogen and oxygen atoms in total. The Hall–Kier alpha value is -3.14. The number of nitrogens with zero attached hydrogens (tertiary/aromatic N) is 2. The molecular formula is C22H18BrF3N4O2. The molecular weight excluding hydrogens is 489 g/mol. The van der Waals surface area contributed by atoms with Crippen LogP contribution in [0.1, 0.15) is 28.2 Å². The first-order valence-electron chi connectivity index (χ1n) is 9.78. The second kappa shape index (κ2) is 8.78. The SMILES string of the molecule is O=C(Nc1cccc(Br)c1)N1CCc2nc(Cc3ccccc3C(F)(F)F)[nH]c(=O)c2C1. The average Bonchev–Trinajstić information content (AvgIpc) is 2.73. The molecule has 0 spiro atoms. The van der Waals surface area contributed by atoms with Crippen molar-refractivity contribution in [2.75, 3.05) is 11.9 Å². The summed E-state index contributed by atoms with van der Waals surface area (Å²) in [7, 11) is 0. The van der Waals surface area contributed by atoms with Gasteiger partial charge in [-0.15, -0.1) is 0 Å². The summed E-state index contributed by atoms with van der Waals surface area (Å²) in [5, 5.41) is 2.78. The number of alkyl halides is 3. The molecule has 1 aliphatic heterocycles. The number of carbonyl (C=O) groups excluding carboxylic acids is 1. The number of urea groups is 1. The average molecular weight is 507 g/mol. The zero-order valence-corrected chi connectivity index (χ0v) is 18.3. The Balaban J connectivity index is 1.52. The van der Waals surface area contributed by atoms with Crippen molar-refractivity contribution in [3.63, 3.8) is 0 Å². The van der Waals surface area contributed by atoms with Crippen LogP contribution in [0.15, 0.2) is 57.8 Å². The zero-order chi connectivity index (χ0) is 22.9. The van der Waals surface area contributed by atoms with Gasteiger partial charge in [-0.1, -0.05) is 40.2 Å². The number of carbonyl (C=O) groups is 1. The Morgan fingerprint density at radius 1 is 1.19 bits per heavy atom. The zero-order valence-electron chi connectivity index (χ0n) is 16.7. The topological polar surface area (TPSA) is 78.1 Å². The van der Waals surface area contributed by atoms with Crippen molar-refractivity contribution in [3.8, 4) is 0 Å². The Bertz CT molecular complexity index is 1230. The van der Waals surface area contributed by atoms with Gasteiger partial charge < -0.3 is 15.2 Å². The van der Waals surface area contributed by atoms with E-state index >= 15 is 0 Å². The molecule has 0 saturated heterocycles. The van der Waals surface area contributed by atoms with Crippen molar-refractivity contribution in [2.45, 2.75) is 25.6 Å². The van der Waals surface area contributed by atoms with E-state index < -0.39 is 17.3 Å². The van der Waals surface area contributed by atoms with E-state index in [1.54, 1.807) is 18.2 Å². The van der Waals surface area contributed by atoms with Gasteiger partial charge in [0.25, 0.3) is 5.56 Å².